The number of nitrogens with one attached hydrogen (secondary N) is 1. The van der Waals surface area contributed by atoms with Crippen LogP contribution in [0, 0.1) is 0 Å². The third-order valence-corrected chi connectivity index (χ3v) is 5.97. The Hall–Kier alpha value is -0.550. The van der Waals surface area contributed by atoms with E-state index in [1.165, 1.54) is 33.5 Å². The molecule has 2 aromatic rings. The number of benzene rings is 1. The van der Waals surface area contributed by atoms with Crippen molar-refractivity contribution in [2.24, 2.45) is 0 Å². The van der Waals surface area contributed by atoms with Crippen molar-refractivity contribution in [2.45, 2.75) is 31.8 Å². The summed E-state index contributed by atoms with van der Waals surface area (Å²) in [6, 6.07) is 8.43. The van der Waals surface area contributed by atoms with Crippen molar-refractivity contribution in [1.29, 1.82) is 0 Å². The molecule has 1 aliphatic rings. The lowest BCUT2D eigenvalue weighted by Gasteiger charge is -2.24. The molecule has 0 amide bonds. The average Bonchev–Trinajstić information content (AvgIpc) is 2.86. The van der Waals surface area contributed by atoms with Gasteiger partial charge in [-0.05, 0) is 59.0 Å². The van der Waals surface area contributed by atoms with Gasteiger partial charge < -0.3 is 10.1 Å². The fraction of sp³-hybridized carbons (Fsp3) is 0.375. The third-order valence-electron chi connectivity index (χ3n) is 3.90. The van der Waals surface area contributed by atoms with Crippen LogP contribution in [0.3, 0.4) is 0 Å². The van der Waals surface area contributed by atoms with E-state index in [-0.39, 0.29) is 0 Å². The fourth-order valence-corrected chi connectivity index (χ4v) is 4.91. The van der Waals surface area contributed by atoms with Crippen molar-refractivity contribution in [3.63, 3.8) is 0 Å². The van der Waals surface area contributed by atoms with Crippen LogP contribution in [0.25, 0.3) is 0 Å². The molecule has 1 heterocycles. The highest BCUT2D eigenvalue weighted by Gasteiger charge is 2.22. The fourth-order valence-electron chi connectivity index (χ4n) is 2.86. The Morgan fingerprint density at radius 2 is 2.33 bits per heavy atom. The Morgan fingerprint density at radius 3 is 3.14 bits per heavy atom. The van der Waals surface area contributed by atoms with E-state index in [0.29, 0.717) is 6.04 Å². The first kappa shape index (κ1) is 15.3. The SMILES string of the molecule is COc1cccc(Cl)c1CNC1CCCc2sc(Br)cc21. The molecule has 1 unspecified atom stereocenters. The molecule has 5 heteroatoms. The van der Waals surface area contributed by atoms with Crippen molar-refractivity contribution in [1.82, 2.24) is 5.32 Å². The standard InChI is InChI=1S/C16H17BrClNOS/c1-20-14-6-2-4-12(18)11(14)9-19-13-5-3-7-15-10(13)8-16(17)21-15/h2,4,6,8,13,19H,3,5,7,9H2,1H3. The maximum absolute atomic E-state index is 6.30. The summed E-state index contributed by atoms with van der Waals surface area (Å²) in [7, 11) is 1.68. The van der Waals surface area contributed by atoms with Crippen molar-refractivity contribution in [3.8, 4) is 5.75 Å². The molecule has 0 spiro atoms. The van der Waals surface area contributed by atoms with Gasteiger partial charge in [0.25, 0.3) is 0 Å². The van der Waals surface area contributed by atoms with Gasteiger partial charge in [0.1, 0.15) is 5.75 Å². The van der Waals surface area contributed by atoms with Crippen LogP contribution in [0.4, 0.5) is 0 Å². The molecule has 3 rings (SSSR count). The molecule has 2 nitrogen and oxygen atoms in total. The summed E-state index contributed by atoms with van der Waals surface area (Å²) in [5.41, 5.74) is 2.47. The zero-order valence-electron chi connectivity index (χ0n) is 11.8. The molecule has 1 aliphatic carbocycles. The summed E-state index contributed by atoms with van der Waals surface area (Å²) in [5.74, 6) is 0.845. The molecule has 112 valence electrons. The minimum absolute atomic E-state index is 0.400. The van der Waals surface area contributed by atoms with Crippen molar-refractivity contribution in [2.75, 3.05) is 7.11 Å². The summed E-state index contributed by atoms with van der Waals surface area (Å²) in [4.78, 5) is 1.50. The Morgan fingerprint density at radius 1 is 1.48 bits per heavy atom. The van der Waals surface area contributed by atoms with E-state index >= 15 is 0 Å². The van der Waals surface area contributed by atoms with E-state index in [1.807, 2.05) is 29.5 Å². The van der Waals surface area contributed by atoms with E-state index in [9.17, 15) is 0 Å². The van der Waals surface area contributed by atoms with Crippen LogP contribution in [0.5, 0.6) is 5.75 Å². The van der Waals surface area contributed by atoms with Gasteiger partial charge in [0.15, 0.2) is 0 Å². The Bertz CT molecular complexity index is 643. The molecule has 0 bridgehead atoms. The van der Waals surface area contributed by atoms with Gasteiger partial charge in [-0.2, -0.15) is 0 Å². The van der Waals surface area contributed by atoms with E-state index in [4.69, 9.17) is 16.3 Å². The highest BCUT2D eigenvalue weighted by atomic mass is 79.9. The molecule has 1 aromatic carbocycles. The van der Waals surface area contributed by atoms with Gasteiger partial charge in [-0.15, -0.1) is 11.3 Å². The molecule has 1 N–H and O–H groups in total. The maximum Gasteiger partial charge on any atom is 0.124 e. The molecule has 1 atom stereocenters. The van der Waals surface area contributed by atoms with Crippen molar-refractivity contribution >= 4 is 38.9 Å². The Balaban J connectivity index is 1.77. The third kappa shape index (κ3) is 3.29. The molecule has 1 aromatic heterocycles. The Labute approximate surface area is 142 Å². The highest BCUT2D eigenvalue weighted by molar-refractivity contribution is 9.11. The topological polar surface area (TPSA) is 21.3 Å². The number of fused-ring (bicyclic) bond motifs is 1. The molecule has 0 fully saturated rings. The number of thiophene rings is 1. The van der Waals surface area contributed by atoms with Crippen LogP contribution in [-0.4, -0.2) is 7.11 Å². The lowest BCUT2D eigenvalue weighted by atomic mass is 9.94. The predicted octanol–water partition coefficient (Wildman–Crippen LogP) is 5.34. The second-order valence-corrected chi connectivity index (χ2v) is 8.10. The first-order valence-corrected chi connectivity index (χ1v) is 9.00. The molecule has 0 saturated heterocycles. The zero-order valence-corrected chi connectivity index (χ0v) is 14.9. The summed E-state index contributed by atoms with van der Waals surface area (Å²) in [6.45, 7) is 0.723. The van der Waals surface area contributed by atoms with E-state index in [1.54, 1.807) is 7.11 Å². The van der Waals surface area contributed by atoms with Gasteiger partial charge >= 0.3 is 0 Å². The molecular weight excluding hydrogens is 370 g/mol. The lowest BCUT2D eigenvalue weighted by Crippen LogP contribution is -2.24. The van der Waals surface area contributed by atoms with E-state index in [2.05, 4.69) is 27.3 Å². The maximum atomic E-state index is 6.30. The number of rotatable bonds is 4. The minimum Gasteiger partial charge on any atom is -0.496 e. The van der Waals surface area contributed by atoms with Crippen LogP contribution >= 0.6 is 38.9 Å². The number of hydrogen-bond donors (Lipinski definition) is 1. The normalized spacial score (nSPS) is 17.6. The highest BCUT2D eigenvalue weighted by Crippen LogP contribution is 2.38. The van der Waals surface area contributed by atoms with Gasteiger partial charge in [-0.3, -0.25) is 0 Å². The lowest BCUT2D eigenvalue weighted by molar-refractivity contribution is 0.401. The number of ether oxygens (including phenoxy) is 1. The van der Waals surface area contributed by atoms with Crippen LogP contribution < -0.4 is 10.1 Å². The Kier molecular flexibility index (Phi) is 4.89. The molecular formula is C16H17BrClNOS. The van der Waals surface area contributed by atoms with Crippen LogP contribution in [-0.2, 0) is 13.0 Å². The van der Waals surface area contributed by atoms with Crippen LogP contribution in [0.2, 0.25) is 5.02 Å². The quantitative estimate of drug-likeness (QED) is 0.766. The second kappa shape index (κ2) is 6.69. The summed E-state index contributed by atoms with van der Waals surface area (Å²) in [6.07, 6.45) is 3.60. The van der Waals surface area contributed by atoms with Gasteiger partial charge in [0.05, 0.1) is 10.9 Å². The summed E-state index contributed by atoms with van der Waals surface area (Å²) >= 11 is 11.8. The number of methoxy groups -OCH3 is 1. The van der Waals surface area contributed by atoms with Gasteiger partial charge in [-0.1, -0.05) is 17.7 Å². The number of aryl methyl sites for hydroxylation is 1. The number of halogens is 2. The van der Waals surface area contributed by atoms with E-state index < -0.39 is 0 Å². The molecule has 0 radical (unpaired) electrons. The number of hydrogen-bond acceptors (Lipinski definition) is 3. The van der Waals surface area contributed by atoms with Crippen molar-refractivity contribution in [3.05, 3.63) is 49.1 Å². The largest absolute Gasteiger partial charge is 0.496 e. The van der Waals surface area contributed by atoms with Gasteiger partial charge in [0.2, 0.25) is 0 Å². The van der Waals surface area contributed by atoms with Gasteiger partial charge in [-0.25, -0.2) is 0 Å². The summed E-state index contributed by atoms with van der Waals surface area (Å²) < 4.78 is 6.63. The molecule has 0 aliphatic heterocycles. The van der Waals surface area contributed by atoms with Crippen LogP contribution in [0.1, 0.15) is 34.9 Å². The first-order valence-electron chi connectivity index (χ1n) is 7.02. The van der Waals surface area contributed by atoms with Gasteiger partial charge in [0, 0.05) is 28.0 Å². The molecule has 0 saturated carbocycles. The first-order chi connectivity index (χ1) is 10.2. The smallest absolute Gasteiger partial charge is 0.124 e. The molecule has 21 heavy (non-hydrogen) atoms. The predicted molar refractivity (Wildman–Crippen MR) is 92.5 cm³/mol. The van der Waals surface area contributed by atoms with Crippen LogP contribution in [0.15, 0.2) is 28.1 Å². The average molecular weight is 387 g/mol. The second-order valence-electron chi connectivity index (χ2n) is 5.18. The van der Waals surface area contributed by atoms with E-state index in [0.717, 1.165) is 22.9 Å². The summed E-state index contributed by atoms with van der Waals surface area (Å²) in [5, 5.41) is 4.40. The monoisotopic (exact) mass is 385 g/mol. The van der Waals surface area contributed by atoms with Crippen molar-refractivity contribution < 1.29 is 4.74 Å². The zero-order chi connectivity index (χ0) is 14.8. The minimum atomic E-state index is 0.400.